The van der Waals surface area contributed by atoms with Crippen LogP contribution < -0.4 is 4.74 Å². The Morgan fingerprint density at radius 2 is 1.50 bits per heavy atom. The maximum Gasteiger partial charge on any atom is 0.316 e. The Labute approximate surface area is 178 Å². The van der Waals surface area contributed by atoms with Gasteiger partial charge < -0.3 is 9.64 Å². The number of nitrogens with zero attached hydrogens (tertiary/aromatic N) is 1. The Kier molecular flexibility index (Phi) is 5.82. The molecular weight excluding hydrogens is 370 g/mol. The summed E-state index contributed by atoms with van der Waals surface area (Å²) in [7, 11) is 2.01. The first-order chi connectivity index (χ1) is 14.5. The molecule has 3 nitrogen and oxygen atoms in total. The van der Waals surface area contributed by atoms with Crippen molar-refractivity contribution in [3.8, 4) is 5.75 Å². The van der Waals surface area contributed by atoms with E-state index >= 15 is 0 Å². The minimum absolute atomic E-state index is 0.0209. The highest BCUT2D eigenvalue weighted by Crippen LogP contribution is 2.40. The second-order valence-corrected chi connectivity index (χ2v) is 8.09. The minimum atomic E-state index is -0.163. The number of carbonyl (C=O) groups excluding carboxylic acids is 1. The maximum atomic E-state index is 12.7. The number of benzene rings is 3. The van der Waals surface area contributed by atoms with Crippen molar-refractivity contribution in [2.75, 3.05) is 20.1 Å². The van der Waals surface area contributed by atoms with E-state index in [0.717, 1.165) is 29.8 Å². The third kappa shape index (κ3) is 4.07. The fourth-order valence-corrected chi connectivity index (χ4v) is 4.21. The Bertz CT molecular complexity index is 997. The highest BCUT2D eigenvalue weighted by molar-refractivity contribution is 5.80. The molecule has 0 N–H and O–H groups in total. The van der Waals surface area contributed by atoms with E-state index in [-0.39, 0.29) is 17.8 Å². The van der Waals surface area contributed by atoms with Gasteiger partial charge in [-0.15, -0.1) is 0 Å². The lowest BCUT2D eigenvalue weighted by molar-refractivity contribution is -0.144. The summed E-state index contributed by atoms with van der Waals surface area (Å²) in [5.41, 5.74) is 5.27. The summed E-state index contributed by atoms with van der Waals surface area (Å²) in [6.45, 7) is 7.68. The van der Waals surface area contributed by atoms with E-state index in [1.165, 1.54) is 11.1 Å². The average Bonchev–Trinajstić information content (AvgIpc) is 2.73. The molecule has 1 heterocycles. The lowest BCUT2D eigenvalue weighted by Crippen LogP contribution is -2.49. The van der Waals surface area contributed by atoms with Crippen molar-refractivity contribution in [2.24, 2.45) is 5.92 Å². The summed E-state index contributed by atoms with van der Waals surface area (Å²) in [4.78, 5) is 14.8. The van der Waals surface area contributed by atoms with Crippen molar-refractivity contribution in [1.82, 2.24) is 4.90 Å². The number of carbonyl (C=O) groups is 1. The molecule has 0 unspecified atom stereocenters. The molecule has 0 atom stereocenters. The summed E-state index contributed by atoms with van der Waals surface area (Å²) >= 11 is 0. The summed E-state index contributed by atoms with van der Waals surface area (Å²) < 4.78 is 5.90. The van der Waals surface area contributed by atoms with Crippen molar-refractivity contribution in [2.45, 2.75) is 12.8 Å². The molecule has 3 aromatic carbocycles. The van der Waals surface area contributed by atoms with Crippen LogP contribution >= 0.6 is 0 Å². The topological polar surface area (TPSA) is 29.5 Å². The van der Waals surface area contributed by atoms with Gasteiger partial charge in [-0.3, -0.25) is 4.79 Å². The van der Waals surface area contributed by atoms with Gasteiger partial charge in [-0.2, -0.15) is 0 Å². The molecule has 0 saturated carbocycles. The third-order valence-corrected chi connectivity index (χ3v) is 5.67. The largest absolute Gasteiger partial charge is 0.426 e. The molecule has 1 aliphatic rings. The number of hydrogen-bond donors (Lipinski definition) is 0. The normalized spacial score (nSPS) is 14.4. The van der Waals surface area contributed by atoms with E-state index in [0.29, 0.717) is 5.75 Å². The molecule has 0 amide bonds. The summed E-state index contributed by atoms with van der Waals surface area (Å²) in [5, 5.41) is 0. The average molecular weight is 398 g/mol. The number of rotatable bonds is 6. The lowest BCUT2D eigenvalue weighted by atomic mass is 9.81. The van der Waals surface area contributed by atoms with E-state index < -0.39 is 0 Å². The van der Waals surface area contributed by atoms with Crippen LogP contribution in [0.2, 0.25) is 0 Å². The van der Waals surface area contributed by atoms with Crippen LogP contribution in [0.25, 0.3) is 5.57 Å². The minimum Gasteiger partial charge on any atom is -0.426 e. The highest BCUT2D eigenvalue weighted by Gasteiger charge is 2.32. The van der Waals surface area contributed by atoms with Gasteiger partial charge in [-0.05, 0) is 42.3 Å². The van der Waals surface area contributed by atoms with Crippen molar-refractivity contribution in [1.29, 1.82) is 0 Å². The smallest absolute Gasteiger partial charge is 0.316 e. The molecule has 0 radical (unpaired) electrons. The first-order valence-electron chi connectivity index (χ1n) is 10.3. The summed E-state index contributed by atoms with van der Waals surface area (Å²) in [6.07, 6.45) is 0. The Balaban J connectivity index is 1.79. The van der Waals surface area contributed by atoms with Crippen LogP contribution in [-0.2, 0) is 4.79 Å². The first kappa shape index (κ1) is 20.1. The Hall–Kier alpha value is -3.17. The molecule has 30 heavy (non-hydrogen) atoms. The highest BCUT2D eigenvalue weighted by atomic mass is 16.5. The van der Waals surface area contributed by atoms with E-state index in [9.17, 15) is 4.79 Å². The van der Waals surface area contributed by atoms with Crippen molar-refractivity contribution < 1.29 is 9.53 Å². The van der Waals surface area contributed by atoms with Crippen LogP contribution in [0.1, 0.15) is 35.1 Å². The number of likely N-dealkylation sites (tertiary alicyclic amines) is 1. The van der Waals surface area contributed by atoms with E-state index in [1.54, 1.807) is 0 Å². The van der Waals surface area contributed by atoms with Gasteiger partial charge in [0.05, 0.1) is 5.92 Å². The summed E-state index contributed by atoms with van der Waals surface area (Å²) in [6, 6.07) is 26.8. The van der Waals surface area contributed by atoms with Gasteiger partial charge in [-0.25, -0.2) is 0 Å². The van der Waals surface area contributed by atoms with Crippen molar-refractivity contribution in [3.05, 3.63) is 108 Å². The van der Waals surface area contributed by atoms with Gasteiger partial charge >= 0.3 is 5.97 Å². The predicted molar refractivity (Wildman–Crippen MR) is 122 cm³/mol. The second kappa shape index (κ2) is 8.68. The fourth-order valence-electron chi connectivity index (χ4n) is 4.21. The van der Waals surface area contributed by atoms with Gasteiger partial charge in [0.15, 0.2) is 0 Å². The zero-order valence-electron chi connectivity index (χ0n) is 17.5. The van der Waals surface area contributed by atoms with Crippen LogP contribution in [0.15, 0.2) is 85.4 Å². The molecule has 1 fully saturated rings. The maximum absolute atomic E-state index is 12.7. The molecule has 0 bridgehead atoms. The van der Waals surface area contributed by atoms with Gasteiger partial charge in [0.2, 0.25) is 0 Å². The van der Waals surface area contributed by atoms with E-state index in [4.69, 9.17) is 4.74 Å². The van der Waals surface area contributed by atoms with Gasteiger partial charge in [0.25, 0.3) is 0 Å². The molecule has 1 aliphatic heterocycles. The zero-order chi connectivity index (χ0) is 21.1. The SMILES string of the molecule is C=C(C)c1c(OC(=O)C2CN(C)C2)cccc1C(c1ccccc1)c1ccccc1. The molecule has 152 valence electrons. The number of hydrogen-bond acceptors (Lipinski definition) is 3. The number of allylic oxidation sites excluding steroid dienone is 1. The number of ether oxygens (including phenoxy) is 1. The van der Waals surface area contributed by atoms with E-state index in [1.807, 2.05) is 38.2 Å². The van der Waals surface area contributed by atoms with Crippen LogP contribution in [0.4, 0.5) is 0 Å². The lowest BCUT2D eigenvalue weighted by Gasteiger charge is -2.34. The van der Waals surface area contributed by atoms with Gasteiger partial charge in [0.1, 0.15) is 5.75 Å². The Morgan fingerprint density at radius 3 is 2.00 bits per heavy atom. The first-order valence-corrected chi connectivity index (χ1v) is 10.3. The van der Waals surface area contributed by atoms with Crippen molar-refractivity contribution in [3.63, 3.8) is 0 Å². The van der Waals surface area contributed by atoms with Crippen LogP contribution in [0, 0.1) is 5.92 Å². The van der Waals surface area contributed by atoms with Crippen LogP contribution in [0.5, 0.6) is 5.75 Å². The number of esters is 1. The van der Waals surface area contributed by atoms with E-state index in [2.05, 4.69) is 66.1 Å². The Morgan fingerprint density at radius 1 is 0.933 bits per heavy atom. The molecule has 0 spiro atoms. The molecule has 3 aromatic rings. The molecule has 1 saturated heterocycles. The molecule has 3 heteroatoms. The standard InChI is InChI=1S/C27H27NO2/c1-19(2)25-23(15-10-16-24(25)30-27(29)22-17-28(3)18-22)26(20-11-6-4-7-12-20)21-13-8-5-9-14-21/h4-16,22,26H,1,17-18H2,2-3H3. The quantitative estimate of drug-likeness (QED) is 0.318. The predicted octanol–water partition coefficient (Wildman–Crippen LogP) is 5.37. The van der Waals surface area contributed by atoms with Crippen LogP contribution in [0.3, 0.4) is 0 Å². The van der Waals surface area contributed by atoms with Crippen LogP contribution in [-0.4, -0.2) is 31.0 Å². The molecule has 4 rings (SSSR count). The molecule has 0 aromatic heterocycles. The fraction of sp³-hybridized carbons (Fsp3) is 0.222. The zero-order valence-corrected chi connectivity index (χ0v) is 17.5. The third-order valence-electron chi connectivity index (χ3n) is 5.67. The summed E-state index contributed by atoms with van der Waals surface area (Å²) in [5.74, 6) is 0.392. The van der Waals surface area contributed by atoms with Crippen molar-refractivity contribution >= 4 is 11.5 Å². The monoisotopic (exact) mass is 397 g/mol. The van der Waals surface area contributed by atoms with Gasteiger partial charge in [-0.1, -0.05) is 79.4 Å². The second-order valence-electron chi connectivity index (χ2n) is 8.09. The molecule has 0 aliphatic carbocycles. The molecular formula is C27H27NO2. The van der Waals surface area contributed by atoms with Gasteiger partial charge in [0, 0.05) is 24.6 Å².